The molecule has 10 heteroatoms. The number of carbonyl (C=O) groups is 2. The van der Waals surface area contributed by atoms with Gasteiger partial charge in [-0.1, -0.05) is 12.1 Å². The average Bonchev–Trinajstić information content (AvgIpc) is 3.33. The summed E-state index contributed by atoms with van der Waals surface area (Å²) in [6, 6.07) is 5.99. The van der Waals surface area contributed by atoms with E-state index in [0.717, 1.165) is 58.1 Å². The largest absolute Gasteiger partial charge is 0.354 e. The van der Waals surface area contributed by atoms with Gasteiger partial charge in [0, 0.05) is 59.4 Å². The number of rotatable bonds is 7. The maximum atomic E-state index is 13.2. The van der Waals surface area contributed by atoms with Crippen molar-refractivity contribution in [3.8, 4) is 0 Å². The standard InChI is InChI=1S/C23H35FN6O2.HI/c1-18(22(32)29-10-3-4-11-29)28-12-14-30(15-13-28)23(25-2)27-9-8-26-21(31)17-19-6-5-7-20(24)16-19;/h5-7,16,18H,3-4,8-15,17H2,1-2H3,(H,25,27)(H,26,31);1H. The van der Waals surface area contributed by atoms with Gasteiger partial charge in [0.2, 0.25) is 11.8 Å². The molecule has 2 amide bonds. The van der Waals surface area contributed by atoms with E-state index in [4.69, 9.17) is 0 Å². The van der Waals surface area contributed by atoms with E-state index < -0.39 is 0 Å². The highest BCUT2D eigenvalue weighted by molar-refractivity contribution is 14.0. The number of likely N-dealkylation sites (tertiary alicyclic amines) is 1. The number of hydrogen-bond donors (Lipinski definition) is 2. The first-order chi connectivity index (χ1) is 15.5. The molecule has 0 radical (unpaired) electrons. The SMILES string of the molecule is CN=C(NCCNC(=O)Cc1cccc(F)c1)N1CCN(C(C)C(=O)N2CCCC2)CC1.I. The van der Waals surface area contributed by atoms with Crippen molar-refractivity contribution in [2.45, 2.75) is 32.2 Å². The molecule has 0 bridgehead atoms. The van der Waals surface area contributed by atoms with Gasteiger partial charge in [0.25, 0.3) is 0 Å². The molecule has 8 nitrogen and oxygen atoms in total. The lowest BCUT2D eigenvalue weighted by molar-refractivity contribution is -0.135. The van der Waals surface area contributed by atoms with E-state index in [1.807, 2.05) is 11.8 Å². The van der Waals surface area contributed by atoms with Crippen molar-refractivity contribution in [3.05, 3.63) is 35.6 Å². The smallest absolute Gasteiger partial charge is 0.239 e. The van der Waals surface area contributed by atoms with E-state index >= 15 is 0 Å². The number of amides is 2. The first-order valence-electron chi connectivity index (χ1n) is 11.5. The lowest BCUT2D eigenvalue weighted by Crippen LogP contribution is -2.57. The summed E-state index contributed by atoms with van der Waals surface area (Å²) in [7, 11) is 1.75. The fourth-order valence-electron chi connectivity index (χ4n) is 4.28. The third kappa shape index (κ3) is 8.09. The number of aliphatic imine (C=N–C) groups is 1. The maximum Gasteiger partial charge on any atom is 0.239 e. The van der Waals surface area contributed by atoms with E-state index in [0.29, 0.717) is 18.7 Å². The topological polar surface area (TPSA) is 80.3 Å². The molecular weight excluding hydrogens is 538 g/mol. The van der Waals surface area contributed by atoms with Crippen LogP contribution < -0.4 is 10.6 Å². The minimum Gasteiger partial charge on any atom is -0.354 e. The number of hydrogen-bond acceptors (Lipinski definition) is 4. The number of piperazine rings is 1. The van der Waals surface area contributed by atoms with Crippen molar-refractivity contribution < 1.29 is 14.0 Å². The Bertz CT molecular complexity index is 810. The number of halogens is 2. The van der Waals surface area contributed by atoms with Crippen molar-refractivity contribution in [1.82, 2.24) is 25.3 Å². The molecule has 2 aliphatic heterocycles. The second-order valence-corrected chi connectivity index (χ2v) is 8.36. The van der Waals surface area contributed by atoms with Gasteiger partial charge in [0.15, 0.2) is 5.96 Å². The molecule has 0 aliphatic carbocycles. The molecule has 3 rings (SSSR count). The number of nitrogens with one attached hydrogen (secondary N) is 2. The number of carbonyl (C=O) groups excluding carboxylic acids is 2. The molecule has 0 aromatic heterocycles. The molecule has 0 spiro atoms. The highest BCUT2D eigenvalue weighted by Crippen LogP contribution is 2.14. The summed E-state index contributed by atoms with van der Waals surface area (Å²) in [4.78, 5) is 35.5. The zero-order valence-electron chi connectivity index (χ0n) is 19.6. The third-order valence-corrected chi connectivity index (χ3v) is 6.13. The van der Waals surface area contributed by atoms with E-state index in [1.165, 1.54) is 12.1 Å². The monoisotopic (exact) mass is 574 g/mol. The molecule has 2 heterocycles. The number of benzene rings is 1. The Morgan fingerprint density at radius 2 is 1.70 bits per heavy atom. The predicted molar refractivity (Wildman–Crippen MR) is 138 cm³/mol. The molecule has 1 atom stereocenters. The number of guanidine groups is 1. The molecule has 184 valence electrons. The lowest BCUT2D eigenvalue weighted by Gasteiger charge is -2.39. The highest BCUT2D eigenvalue weighted by Gasteiger charge is 2.30. The Hall–Kier alpha value is -1.95. The van der Waals surface area contributed by atoms with E-state index in [-0.39, 0.29) is 54.1 Å². The fraction of sp³-hybridized carbons (Fsp3) is 0.609. The van der Waals surface area contributed by atoms with Crippen LogP contribution in [0, 0.1) is 5.82 Å². The second kappa shape index (κ2) is 13.7. The lowest BCUT2D eigenvalue weighted by atomic mass is 10.1. The van der Waals surface area contributed by atoms with Crippen molar-refractivity contribution >= 4 is 41.8 Å². The Morgan fingerprint density at radius 1 is 1.03 bits per heavy atom. The fourth-order valence-corrected chi connectivity index (χ4v) is 4.28. The molecule has 1 unspecified atom stereocenters. The summed E-state index contributed by atoms with van der Waals surface area (Å²) in [6.07, 6.45) is 2.38. The van der Waals surface area contributed by atoms with E-state index in [1.54, 1.807) is 19.2 Å². The van der Waals surface area contributed by atoms with Crippen LogP contribution in [-0.2, 0) is 16.0 Å². The highest BCUT2D eigenvalue weighted by atomic mass is 127. The molecular formula is C23H36FIN6O2. The van der Waals surface area contributed by atoms with Crippen LogP contribution in [0.1, 0.15) is 25.3 Å². The first kappa shape index (κ1) is 27.3. The van der Waals surface area contributed by atoms with Crippen LogP contribution in [0.2, 0.25) is 0 Å². The van der Waals surface area contributed by atoms with Crippen LogP contribution in [-0.4, -0.2) is 97.9 Å². The molecule has 2 N–H and O–H groups in total. The second-order valence-electron chi connectivity index (χ2n) is 8.36. The summed E-state index contributed by atoms with van der Waals surface area (Å²) >= 11 is 0. The first-order valence-corrected chi connectivity index (χ1v) is 11.5. The zero-order chi connectivity index (χ0) is 22.9. The molecule has 2 aliphatic rings. The summed E-state index contributed by atoms with van der Waals surface area (Å²) in [5, 5.41) is 6.13. The molecule has 1 aromatic carbocycles. The predicted octanol–water partition coefficient (Wildman–Crippen LogP) is 1.31. The quantitative estimate of drug-likeness (QED) is 0.222. The van der Waals surface area contributed by atoms with Gasteiger partial charge in [-0.05, 0) is 37.5 Å². The van der Waals surface area contributed by atoms with Crippen molar-refractivity contribution in [2.75, 3.05) is 59.4 Å². The third-order valence-electron chi connectivity index (χ3n) is 6.13. The van der Waals surface area contributed by atoms with Crippen molar-refractivity contribution in [2.24, 2.45) is 4.99 Å². The van der Waals surface area contributed by atoms with Crippen LogP contribution in [0.25, 0.3) is 0 Å². The van der Waals surface area contributed by atoms with Gasteiger partial charge in [-0.3, -0.25) is 19.5 Å². The minimum absolute atomic E-state index is 0. The molecule has 2 fully saturated rings. The number of nitrogens with zero attached hydrogens (tertiary/aromatic N) is 4. The van der Waals surface area contributed by atoms with Crippen molar-refractivity contribution in [3.63, 3.8) is 0 Å². The van der Waals surface area contributed by atoms with Gasteiger partial charge in [-0.25, -0.2) is 4.39 Å². The normalized spacial score (nSPS) is 18.0. The van der Waals surface area contributed by atoms with Crippen LogP contribution in [0.3, 0.4) is 0 Å². The average molecular weight is 574 g/mol. The van der Waals surface area contributed by atoms with E-state index in [2.05, 4.69) is 25.4 Å². The molecule has 2 saturated heterocycles. The van der Waals surface area contributed by atoms with Gasteiger partial charge in [-0.2, -0.15) is 0 Å². The molecule has 0 saturated carbocycles. The minimum atomic E-state index is -0.337. The Morgan fingerprint density at radius 3 is 2.33 bits per heavy atom. The van der Waals surface area contributed by atoms with Crippen LogP contribution >= 0.6 is 24.0 Å². The maximum absolute atomic E-state index is 13.2. The van der Waals surface area contributed by atoms with Crippen LogP contribution in [0.5, 0.6) is 0 Å². The van der Waals surface area contributed by atoms with Crippen LogP contribution in [0.15, 0.2) is 29.3 Å². The summed E-state index contributed by atoms with van der Waals surface area (Å²) in [5.41, 5.74) is 0.654. The molecule has 33 heavy (non-hydrogen) atoms. The van der Waals surface area contributed by atoms with E-state index in [9.17, 15) is 14.0 Å². The summed E-state index contributed by atoms with van der Waals surface area (Å²) < 4.78 is 13.2. The zero-order valence-corrected chi connectivity index (χ0v) is 21.9. The Kier molecular flexibility index (Phi) is 11.3. The Balaban J connectivity index is 0.00000385. The van der Waals surface area contributed by atoms with Gasteiger partial charge in [0.1, 0.15) is 5.82 Å². The van der Waals surface area contributed by atoms with Crippen molar-refractivity contribution in [1.29, 1.82) is 0 Å². The van der Waals surface area contributed by atoms with Crippen LogP contribution in [0.4, 0.5) is 4.39 Å². The summed E-state index contributed by atoms with van der Waals surface area (Å²) in [6.45, 7) is 8.00. The Labute approximate surface area is 213 Å². The summed E-state index contributed by atoms with van der Waals surface area (Å²) in [5.74, 6) is 0.559. The van der Waals surface area contributed by atoms with Gasteiger partial charge in [0.05, 0.1) is 12.5 Å². The van der Waals surface area contributed by atoms with Gasteiger partial charge in [-0.15, -0.1) is 24.0 Å². The van der Waals surface area contributed by atoms with Gasteiger partial charge < -0.3 is 20.4 Å². The molecule has 1 aromatic rings. The van der Waals surface area contributed by atoms with Gasteiger partial charge >= 0.3 is 0 Å².